The van der Waals surface area contributed by atoms with E-state index >= 15 is 0 Å². The third kappa shape index (κ3) is 3.99. The molecule has 2 atom stereocenters. The molecule has 0 aromatic heterocycles. The summed E-state index contributed by atoms with van der Waals surface area (Å²) in [4.78, 5) is 0. The largest absolute Gasteiger partial charge is 0.118 e. The summed E-state index contributed by atoms with van der Waals surface area (Å²) < 4.78 is 0. The van der Waals surface area contributed by atoms with E-state index in [4.69, 9.17) is 23.2 Å². The standard InChI is InChI=1S/C14H20Cl2/c1-3-5-6-11(4-2)14(16)12-7-9-13(15)10-8-12/h7-11,14H,3-6H2,1-2H3. The van der Waals surface area contributed by atoms with Crippen molar-refractivity contribution < 1.29 is 0 Å². The van der Waals surface area contributed by atoms with Crippen molar-refractivity contribution in [3.8, 4) is 0 Å². The Hall–Kier alpha value is -0.200. The van der Waals surface area contributed by atoms with Crippen molar-refractivity contribution in [2.75, 3.05) is 0 Å². The molecule has 0 fully saturated rings. The maximum absolute atomic E-state index is 6.52. The molecule has 0 aliphatic rings. The second kappa shape index (κ2) is 7.19. The zero-order valence-electron chi connectivity index (χ0n) is 10.0. The van der Waals surface area contributed by atoms with Crippen LogP contribution in [0.4, 0.5) is 0 Å². The van der Waals surface area contributed by atoms with Gasteiger partial charge in [-0.1, -0.05) is 56.8 Å². The van der Waals surface area contributed by atoms with E-state index in [2.05, 4.69) is 13.8 Å². The minimum atomic E-state index is 0.119. The molecule has 0 heterocycles. The summed E-state index contributed by atoms with van der Waals surface area (Å²) in [7, 11) is 0. The Morgan fingerprint density at radius 1 is 1.12 bits per heavy atom. The average Bonchev–Trinajstić information content (AvgIpc) is 2.30. The quantitative estimate of drug-likeness (QED) is 0.563. The lowest BCUT2D eigenvalue weighted by molar-refractivity contribution is 0.437. The molecule has 0 amide bonds. The first-order valence-corrected chi connectivity index (χ1v) is 6.90. The van der Waals surface area contributed by atoms with Crippen molar-refractivity contribution in [3.63, 3.8) is 0 Å². The Morgan fingerprint density at radius 2 is 1.75 bits per heavy atom. The number of alkyl halides is 1. The molecule has 16 heavy (non-hydrogen) atoms. The Kier molecular flexibility index (Phi) is 6.23. The van der Waals surface area contributed by atoms with Crippen LogP contribution >= 0.6 is 23.2 Å². The van der Waals surface area contributed by atoms with Crippen LogP contribution in [0.2, 0.25) is 5.02 Å². The van der Waals surface area contributed by atoms with E-state index in [1.165, 1.54) is 24.8 Å². The van der Waals surface area contributed by atoms with Gasteiger partial charge in [0, 0.05) is 5.02 Å². The van der Waals surface area contributed by atoms with E-state index in [1.54, 1.807) is 0 Å². The summed E-state index contributed by atoms with van der Waals surface area (Å²) in [6.45, 7) is 4.43. The number of rotatable bonds is 6. The van der Waals surface area contributed by atoms with Gasteiger partial charge in [0.25, 0.3) is 0 Å². The molecule has 0 N–H and O–H groups in total. The van der Waals surface area contributed by atoms with Crippen molar-refractivity contribution in [1.82, 2.24) is 0 Å². The highest BCUT2D eigenvalue weighted by Crippen LogP contribution is 2.34. The van der Waals surface area contributed by atoms with Crippen LogP contribution in [0.1, 0.15) is 50.5 Å². The second-order valence-electron chi connectivity index (χ2n) is 4.26. The SMILES string of the molecule is CCCCC(CC)C(Cl)c1ccc(Cl)cc1. The first-order chi connectivity index (χ1) is 7.69. The van der Waals surface area contributed by atoms with Crippen molar-refractivity contribution in [1.29, 1.82) is 0 Å². The molecule has 1 aromatic carbocycles. The van der Waals surface area contributed by atoms with Gasteiger partial charge in [-0.05, 0) is 30.0 Å². The van der Waals surface area contributed by atoms with Crippen LogP contribution in [0.3, 0.4) is 0 Å². The monoisotopic (exact) mass is 258 g/mol. The summed E-state index contributed by atoms with van der Waals surface area (Å²) in [5.41, 5.74) is 1.19. The van der Waals surface area contributed by atoms with Crippen LogP contribution in [0, 0.1) is 5.92 Å². The zero-order valence-corrected chi connectivity index (χ0v) is 11.6. The summed E-state index contributed by atoms with van der Waals surface area (Å²) in [6, 6.07) is 7.90. The van der Waals surface area contributed by atoms with Gasteiger partial charge in [-0.25, -0.2) is 0 Å². The Balaban J connectivity index is 2.66. The van der Waals surface area contributed by atoms with Gasteiger partial charge in [0.2, 0.25) is 0 Å². The second-order valence-corrected chi connectivity index (χ2v) is 5.17. The molecule has 2 heteroatoms. The topological polar surface area (TPSA) is 0 Å². The van der Waals surface area contributed by atoms with Gasteiger partial charge < -0.3 is 0 Å². The highest BCUT2D eigenvalue weighted by Gasteiger charge is 2.18. The predicted molar refractivity (Wildman–Crippen MR) is 73.4 cm³/mol. The fourth-order valence-electron chi connectivity index (χ4n) is 1.94. The first-order valence-electron chi connectivity index (χ1n) is 6.08. The van der Waals surface area contributed by atoms with Gasteiger partial charge in [-0.15, -0.1) is 11.6 Å². The Bertz CT molecular complexity index is 292. The number of hydrogen-bond acceptors (Lipinski definition) is 0. The van der Waals surface area contributed by atoms with E-state index in [1.807, 2.05) is 24.3 Å². The van der Waals surface area contributed by atoms with Crippen LogP contribution < -0.4 is 0 Å². The van der Waals surface area contributed by atoms with E-state index < -0.39 is 0 Å². The lowest BCUT2D eigenvalue weighted by atomic mass is 9.91. The van der Waals surface area contributed by atoms with Gasteiger partial charge in [0.15, 0.2) is 0 Å². The van der Waals surface area contributed by atoms with Crippen molar-refractivity contribution in [2.45, 2.75) is 44.9 Å². The molecule has 2 unspecified atom stereocenters. The van der Waals surface area contributed by atoms with E-state index in [0.717, 1.165) is 11.4 Å². The van der Waals surface area contributed by atoms with Crippen LogP contribution in [-0.4, -0.2) is 0 Å². The molecule has 0 bridgehead atoms. The van der Waals surface area contributed by atoms with Gasteiger partial charge in [-0.3, -0.25) is 0 Å². The molecule has 90 valence electrons. The molecular weight excluding hydrogens is 239 g/mol. The minimum Gasteiger partial charge on any atom is -0.118 e. The van der Waals surface area contributed by atoms with Gasteiger partial charge >= 0.3 is 0 Å². The molecule has 1 rings (SSSR count). The highest BCUT2D eigenvalue weighted by molar-refractivity contribution is 6.30. The summed E-state index contributed by atoms with van der Waals surface area (Å²) in [5, 5.41) is 0.892. The maximum Gasteiger partial charge on any atom is 0.0613 e. The number of hydrogen-bond donors (Lipinski definition) is 0. The van der Waals surface area contributed by atoms with Crippen molar-refractivity contribution in [3.05, 3.63) is 34.9 Å². The Labute approximate surface area is 109 Å². The predicted octanol–water partition coefficient (Wildman–Crippen LogP) is 5.84. The smallest absolute Gasteiger partial charge is 0.0613 e. The van der Waals surface area contributed by atoms with Crippen LogP contribution in [0.5, 0.6) is 0 Å². The molecule has 0 radical (unpaired) electrons. The highest BCUT2D eigenvalue weighted by atomic mass is 35.5. The Morgan fingerprint density at radius 3 is 2.25 bits per heavy atom. The van der Waals surface area contributed by atoms with E-state index in [9.17, 15) is 0 Å². The number of benzene rings is 1. The fourth-order valence-corrected chi connectivity index (χ4v) is 2.52. The molecule has 0 nitrogen and oxygen atoms in total. The minimum absolute atomic E-state index is 0.119. The van der Waals surface area contributed by atoms with Gasteiger partial charge in [0.1, 0.15) is 0 Å². The first kappa shape index (κ1) is 13.9. The van der Waals surface area contributed by atoms with Crippen LogP contribution in [0.25, 0.3) is 0 Å². The van der Waals surface area contributed by atoms with E-state index in [-0.39, 0.29) is 5.38 Å². The molecule has 0 saturated carbocycles. The summed E-state index contributed by atoms with van der Waals surface area (Å²) in [5.74, 6) is 0.572. The van der Waals surface area contributed by atoms with Crippen LogP contribution in [0.15, 0.2) is 24.3 Å². The number of halogens is 2. The number of unbranched alkanes of at least 4 members (excludes halogenated alkanes) is 1. The zero-order chi connectivity index (χ0) is 12.0. The third-order valence-corrected chi connectivity index (χ3v) is 3.92. The van der Waals surface area contributed by atoms with Crippen LogP contribution in [-0.2, 0) is 0 Å². The van der Waals surface area contributed by atoms with Crippen molar-refractivity contribution >= 4 is 23.2 Å². The van der Waals surface area contributed by atoms with Gasteiger partial charge in [-0.2, -0.15) is 0 Å². The molecule has 0 saturated heterocycles. The summed E-state index contributed by atoms with van der Waals surface area (Å²) in [6.07, 6.45) is 4.84. The molecule has 0 aliphatic heterocycles. The third-order valence-electron chi connectivity index (χ3n) is 3.06. The lowest BCUT2D eigenvalue weighted by Gasteiger charge is -2.21. The lowest BCUT2D eigenvalue weighted by Crippen LogP contribution is -2.07. The van der Waals surface area contributed by atoms with Crippen molar-refractivity contribution in [2.24, 2.45) is 5.92 Å². The average molecular weight is 259 g/mol. The maximum atomic E-state index is 6.52. The van der Waals surface area contributed by atoms with Gasteiger partial charge in [0.05, 0.1) is 5.38 Å². The molecule has 0 aliphatic carbocycles. The molecular formula is C14H20Cl2. The molecule has 1 aromatic rings. The normalized spacial score (nSPS) is 14.8. The summed E-state index contributed by atoms with van der Waals surface area (Å²) >= 11 is 12.4. The fraction of sp³-hybridized carbons (Fsp3) is 0.571. The van der Waals surface area contributed by atoms with E-state index in [0.29, 0.717) is 5.92 Å². The molecule has 0 spiro atoms.